The summed E-state index contributed by atoms with van der Waals surface area (Å²) < 4.78 is 11.3. The lowest BCUT2D eigenvalue weighted by Gasteiger charge is -2.42. The second-order valence-corrected chi connectivity index (χ2v) is 5.63. The monoisotopic (exact) mass is 276 g/mol. The van der Waals surface area contributed by atoms with Crippen LogP contribution in [0.2, 0.25) is 0 Å². The van der Waals surface area contributed by atoms with Crippen molar-refractivity contribution in [1.29, 1.82) is 0 Å². The van der Waals surface area contributed by atoms with Crippen molar-refractivity contribution >= 4 is 0 Å². The highest BCUT2D eigenvalue weighted by atomic mass is 16.6. The zero-order valence-corrected chi connectivity index (χ0v) is 12.4. The van der Waals surface area contributed by atoms with Gasteiger partial charge >= 0.3 is 0 Å². The molecule has 2 heterocycles. The fourth-order valence-electron chi connectivity index (χ4n) is 2.97. The molecule has 0 aliphatic carbocycles. The standard InChI is InChI=1S/C16H24N2O2/c1-3-6-18(14-10-17-11-14)12(2)13-4-5-15-16(9-13)20-8-7-19-15/h4-5,9,12,14,17H,3,6-8,10-11H2,1-2H3. The van der Waals surface area contributed by atoms with Gasteiger partial charge in [0.05, 0.1) is 0 Å². The molecule has 2 aliphatic rings. The van der Waals surface area contributed by atoms with Gasteiger partial charge in [0.25, 0.3) is 0 Å². The van der Waals surface area contributed by atoms with E-state index in [1.807, 2.05) is 6.07 Å². The Balaban J connectivity index is 1.79. The van der Waals surface area contributed by atoms with E-state index >= 15 is 0 Å². The van der Waals surface area contributed by atoms with Crippen molar-refractivity contribution in [3.8, 4) is 11.5 Å². The third kappa shape index (κ3) is 2.63. The van der Waals surface area contributed by atoms with Crippen molar-refractivity contribution < 1.29 is 9.47 Å². The lowest BCUT2D eigenvalue weighted by atomic mass is 10.0. The zero-order chi connectivity index (χ0) is 13.9. The van der Waals surface area contributed by atoms with Crippen LogP contribution in [-0.2, 0) is 0 Å². The highest BCUT2D eigenvalue weighted by Gasteiger charge is 2.28. The Morgan fingerprint density at radius 2 is 2.00 bits per heavy atom. The second kappa shape index (κ2) is 6.02. The van der Waals surface area contributed by atoms with Gasteiger partial charge in [0, 0.05) is 25.2 Å². The van der Waals surface area contributed by atoms with Gasteiger partial charge < -0.3 is 14.8 Å². The summed E-state index contributed by atoms with van der Waals surface area (Å²) in [4.78, 5) is 2.60. The molecular formula is C16H24N2O2. The molecule has 1 N–H and O–H groups in total. The molecule has 20 heavy (non-hydrogen) atoms. The topological polar surface area (TPSA) is 33.7 Å². The van der Waals surface area contributed by atoms with E-state index in [-0.39, 0.29) is 0 Å². The minimum Gasteiger partial charge on any atom is -0.486 e. The zero-order valence-electron chi connectivity index (χ0n) is 12.4. The van der Waals surface area contributed by atoms with Gasteiger partial charge in [-0.2, -0.15) is 0 Å². The van der Waals surface area contributed by atoms with Crippen molar-refractivity contribution in [2.45, 2.75) is 32.4 Å². The Hall–Kier alpha value is -1.26. The molecule has 1 fully saturated rings. The Bertz CT molecular complexity index is 460. The minimum absolute atomic E-state index is 0.415. The number of nitrogens with one attached hydrogen (secondary N) is 1. The summed E-state index contributed by atoms with van der Waals surface area (Å²) >= 11 is 0. The molecule has 4 heteroatoms. The molecule has 1 aromatic rings. The number of nitrogens with zero attached hydrogens (tertiary/aromatic N) is 1. The molecule has 0 radical (unpaired) electrons. The van der Waals surface area contributed by atoms with E-state index in [9.17, 15) is 0 Å². The lowest BCUT2D eigenvalue weighted by molar-refractivity contribution is 0.102. The van der Waals surface area contributed by atoms with E-state index < -0.39 is 0 Å². The molecule has 3 rings (SSSR count). The van der Waals surface area contributed by atoms with Gasteiger partial charge in [-0.25, -0.2) is 0 Å². The van der Waals surface area contributed by atoms with Gasteiger partial charge in [-0.05, 0) is 37.6 Å². The smallest absolute Gasteiger partial charge is 0.161 e. The van der Waals surface area contributed by atoms with Crippen LogP contribution in [0.1, 0.15) is 31.9 Å². The molecule has 0 saturated carbocycles. The molecule has 0 amide bonds. The Morgan fingerprint density at radius 3 is 2.65 bits per heavy atom. The molecule has 2 aliphatic heterocycles. The fourth-order valence-corrected chi connectivity index (χ4v) is 2.97. The number of hydrogen-bond donors (Lipinski definition) is 1. The maximum absolute atomic E-state index is 5.70. The van der Waals surface area contributed by atoms with Crippen molar-refractivity contribution in [3.05, 3.63) is 23.8 Å². The van der Waals surface area contributed by atoms with Crippen molar-refractivity contribution in [1.82, 2.24) is 10.2 Å². The maximum atomic E-state index is 5.70. The Labute approximate surface area is 121 Å². The number of rotatable bonds is 5. The van der Waals surface area contributed by atoms with Crippen LogP contribution in [0.4, 0.5) is 0 Å². The minimum atomic E-state index is 0.415. The average molecular weight is 276 g/mol. The van der Waals surface area contributed by atoms with E-state index in [0.29, 0.717) is 25.3 Å². The summed E-state index contributed by atoms with van der Waals surface area (Å²) in [5.74, 6) is 1.77. The van der Waals surface area contributed by atoms with Crippen molar-refractivity contribution in [2.75, 3.05) is 32.8 Å². The van der Waals surface area contributed by atoms with Gasteiger partial charge in [0.15, 0.2) is 11.5 Å². The third-order valence-corrected chi connectivity index (χ3v) is 4.26. The molecule has 1 saturated heterocycles. The van der Waals surface area contributed by atoms with Gasteiger partial charge in [-0.3, -0.25) is 4.90 Å². The van der Waals surface area contributed by atoms with Crippen LogP contribution in [-0.4, -0.2) is 43.8 Å². The number of fused-ring (bicyclic) bond motifs is 1. The Morgan fingerprint density at radius 1 is 1.25 bits per heavy atom. The first-order valence-electron chi connectivity index (χ1n) is 7.65. The van der Waals surface area contributed by atoms with Crippen LogP contribution in [0.3, 0.4) is 0 Å². The van der Waals surface area contributed by atoms with Crippen LogP contribution in [0.5, 0.6) is 11.5 Å². The summed E-state index contributed by atoms with van der Waals surface area (Å²) in [5, 5.41) is 3.37. The fraction of sp³-hybridized carbons (Fsp3) is 0.625. The molecule has 110 valence electrons. The molecule has 0 spiro atoms. The number of benzene rings is 1. The molecule has 1 aromatic carbocycles. The van der Waals surface area contributed by atoms with Gasteiger partial charge in [0.2, 0.25) is 0 Å². The highest BCUT2D eigenvalue weighted by Crippen LogP contribution is 2.34. The first kappa shape index (κ1) is 13.7. The average Bonchev–Trinajstić information content (AvgIpc) is 2.43. The SMILES string of the molecule is CCCN(C1CNC1)C(C)c1ccc2c(c1)OCCO2. The maximum Gasteiger partial charge on any atom is 0.161 e. The van der Waals surface area contributed by atoms with E-state index in [0.717, 1.165) is 31.1 Å². The van der Waals surface area contributed by atoms with Gasteiger partial charge in [-0.1, -0.05) is 13.0 Å². The lowest BCUT2D eigenvalue weighted by Crippen LogP contribution is -2.57. The number of hydrogen-bond acceptors (Lipinski definition) is 4. The normalized spacial score (nSPS) is 19.8. The first-order valence-corrected chi connectivity index (χ1v) is 7.65. The van der Waals surface area contributed by atoms with Gasteiger partial charge in [0.1, 0.15) is 13.2 Å². The highest BCUT2D eigenvalue weighted by molar-refractivity contribution is 5.44. The van der Waals surface area contributed by atoms with Crippen LogP contribution in [0, 0.1) is 0 Å². The van der Waals surface area contributed by atoms with E-state index in [1.165, 1.54) is 12.0 Å². The van der Waals surface area contributed by atoms with E-state index in [4.69, 9.17) is 9.47 Å². The summed E-state index contributed by atoms with van der Waals surface area (Å²) in [5.41, 5.74) is 1.31. The van der Waals surface area contributed by atoms with Crippen LogP contribution in [0.15, 0.2) is 18.2 Å². The Kier molecular flexibility index (Phi) is 4.13. The van der Waals surface area contributed by atoms with Crippen LogP contribution >= 0.6 is 0 Å². The van der Waals surface area contributed by atoms with E-state index in [1.54, 1.807) is 0 Å². The second-order valence-electron chi connectivity index (χ2n) is 5.63. The molecular weight excluding hydrogens is 252 g/mol. The van der Waals surface area contributed by atoms with Crippen LogP contribution < -0.4 is 14.8 Å². The van der Waals surface area contributed by atoms with E-state index in [2.05, 4.69) is 36.2 Å². The van der Waals surface area contributed by atoms with Crippen LogP contribution in [0.25, 0.3) is 0 Å². The number of ether oxygens (including phenoxy) is 2. The largest absolute Gasteiger partial charge is 0.486 e. The summed E-state index contributed by atoms with van der Waals surface area (Å²) in [6.45, 7) is 9.19. The predicted octanol–water partition coefficient (Wildman–Crippen LogP) is 2.20. The summed E-state index contributed by atoms with van der Waals surface area (Å²) in [6, 6.07) is 7.45. The predicted molar refractivity (Wildman–Crippen MR) is 79.5 cm³/mol. The molecule has 0 bridgehead atoms. The summed E-state index contributed by atoms with van der Waals surface area (Å²) in [6.07, 6.45) is 1.19. The quantitative estimate of drug-likeness (QED) is 0.894. The molecule has 4 nitrogen and oxygen atoms in total. The van der Waals surface area contributed by atoms with Crippen molar-refractivity contribution in [2.24, 2.45) is 0 Å². The summed E-state index contributed by atoms with van der Waals surface area (Å²) in [7, 11) is 0. The first-order chi connectivity index (χ1) is 9.79. The van der Waals surface area contributed by atoms with Crippen molar-refractivity contribution in [3.63, 3.8) is 0 Å². The molecule has 1 unspecified atom stereocenters. The molecule has 1 atom stereocenters. The van der Waals surface area contributed by atoms with Gasteiger partial charge in [-0.15, -0.1) is 0 Å². The molecule has 0 aromatic heterocycles. The third-order valence-electron chi connectivity index (χ3n) is 4.26.